The minimum atomic E-state index is -2.43. The summed E-state index contributed by atoms with van der Waals surface area (Å²) < 4.78 is 60.8. The number of methoxy groups -OCH3 is 1. The van der Waals surface area contributed by atoms with Crippen molar-refractivity contribution in [1.82, 2.24) is 4.98 Å². The molecule has 0 bridgehead atoms. The molecule has 0 atom stereocenters. The first-order valence-corrected chi connectivity index (χ1v) is 5.71. The van der Waals surface area contributed by atoms with Crippen molar-refractivity contribution in [3.63, 3.8) is 0 Å². The molecule has 0 spiro atoms. The molecule has 0 fully saturated rings. The molecule has 3 nitrogen and oxygen atoms in total. The lowest BCUT2D eigenvalue weighted by molar-refractivity contribution is 0.370. The van der Waals surface area contributed by atoms with Gasteiger partial charge in [0, 0.05) is 11.6 Å². The first-order chi connectivity index (χ1) is 10.0. The molecule has 0 saturated carbocycles. The third-order valence-corrected chi connectivity index (χ3v) is 2.49. The Kier molecular flexibility index (Phi) is 4.42. The van der Waals surface area contributed by atoms with Gasteiger partial charge in [0.05, 0.1) is 7.11 Å². The van der Waals surface area contributed by atoms with E-state index in [1.54, 1.807) is 0 Å². The van der Waals surface area contributed by atoms with E-state index >= 15 is 0 Å². The second kappa shape index (κ2) is 6.25. The normalized spacial score (nSPS) is 10.1. The first-order valence-electron chi connectivity index (χ1n) is 5.71. The maximum absolute atomic E-state index is 13.2. The zero-order chi connectivity index (χ0) is 15.4. The van der Waals surface area contributed by atoms with Crippen molar-refractivity contribution in [2.75, 3.05) is 7.11 Å². The van der Waals surface area contributed by atoms with Gasteiger partial charge in [0.2, 0.25) is 11.8 Å². The van der Waals surface area contributed by atoms with Gasteiger partial charge in [-0.3, -0.25) is 0 Å². The number of nitrogens with zero attached hydrogens (tertiary/aromatic N) is 1. The topological polar surface area (TPSA) is 31.4 Å². The maximum atomic E-state index is 13.2. The van der Waals surface area contributed by atoms with Crippen molar-refractivity contribution < 1.29 is 27.0 Å². The highest BCUT2D eigenvalue weighted by Gasteiger charge is 2.13. The average molecular weight is 299 g/mol. The van der Waals surface area contributed by atoms with Crippen LogP contribution in [0.5, 0.6) is 17.4 Å². The number of pyridine rings is 1. The molecule has 2 rings (SSSR count). The van der Waals surface area contributed by atoms with Gasteiger partial charge in [0.25, 0.3) is 0 Å². The third kappa shape index (κ3) is 3.50. The van der Waals surface area contributed by atoms with Crippen molar-refractivity contribution in [3.8, 4) is 17.4 Å². The smallest absolute Gasteiger partial charge is 0.306 e. The van der Waals surface area contributed by atoms with Gasteiger partial charge < -0.3 is 9.47 Å². The fourth-order valence-corrected chi connectivity index (χ4v) is 1.56. The zero-order valence-corrected chi connectivity index (χ0v) is 10.7. The van der Waals surface area contributed by atoms with E-state index in [1.165, 1.54) is 25.3 Å². The van der Waals surface area contributed by atoms with Crippen molar-refractivity contribution in [1.29, 1.82) is 0 Å². The molecule has 7 heteroatoms. The molecule has 0 unspecified atom stereocenters. The van der Waals surface area contributed by atoms with Crippen LogP contribution in [0.3, 0.4) is 0 Å². The molecule has 0 N–H and O–H groups in total. The Labute approximate surface area is 117 Å². The molecule has 0 amide bonds. The monoisotopic (exact) mass is 299 g/mol. The number of halogens is 4. The summed E-state index contributed by atoms with van der Waals surface area (Å²) in [6, 6.07) is 7.28. The van der Waals surface area contributed by atoms with Crippen LogP contribution in [0.4, 0.5) is 17.6 Å². The van der Waals surface area contributed by atoms with E-state index in [9.17, 15) is 17.6 Å². The highest BCUT2D eigenvalue weighted by atomic mass is 19.3. The lowest BCUT2D eigenvalue weighted by Gasteiger charge is -2.10. The molecule has 21 heavy (non-hydrogen) atoms. The molecular formula is C14H9F4NO2. The van der Waals surface area contributed by atoms with Crippen LogP contribution in [0, 0.1) is 5.95 Å². The van der Waals surface area contributed by atoms with Gasteiger partial charge in [-0.15, -0.1) is 0 Å². The second-order valence-electron chi connectivity index (χ2n) is 3.84. The maximum Gasteiger partial charge on any atom is 0.306 e. The first kappa shape index (κ1) is 14.8. The quantitative estimate of drug-likeness (QED) is 0.613. The van der Waals surface area contributed by atoms with Gasteiger partial charge in [0.1, 0.15) is 0 Å². The summed E-state index contributed by atoms with van der Waals surface area (Å²) >= 11 is 0. The Balaban J connectivity index is 2.35. The van der Waals surface area contributed by atoms with Crippen molar-refractivity contribution >= 4 is 5.83 Å². The van der Waals surface area contributed by atoms with Gasteiger partial charge in [0.15, 0.2) is 17.3 Å². The number of aromatic nitrogens is 1. The van der Waals surface area contributed by atoms with Crippen LogP contribution in [0.25, 0.3) is 5.83 Å². The Morgan fingerprint density at radius 1 is 1.05 bits per heavy atom. The predicted molar refractivity (Wildman–Crippen MR) is 67.5 cm³/mol. The SMILES string of the molecule is COc1cc(C(F)=C(F)F)ccc1Oc1cccc(F)n1. The van der Waals surface area contributed by atoms with Crippen LogP contribution in [-0.2, 0) is 0 Å². The summed E-state index contributed by atoms with van der Waals surface area (Å²) in [5.74, 6) is -2.34. The van der Waals surface area contributed by atoms with Crippen molar-refractivity contribution in [2.24, 2.45) is 0 Å². The highest BCUT2D eigenvalue weighted by Crippen LogP contribution is 2.34. The number of ether oxygens (including phenoxy) is 2. The van der Waals surface area contributed by atoms with E-state index in [2.05, 4.69) is 4.98 Å². The van der Waals surface area contributed by atoms with Gasteiger partial charge in [-0.25, -0.2) is 4.39 Å². The number of benzene rings is 1. The van der Waals surface area contributed by atoms with E-state index in [4.69, 9.17) is 9.47 Å². The van der Waals surface area contributed by atoms with Crippen molar-refractivity contribution in [2.45, 2.75) is 0 Å². The molecule has 1 aromatic carbocycles. The van der Waals surface area contributed by atoms with E-state index in [-0.39, 0.29) is 22.9 Å². The van der Waals surface area contributed by atoms with Gasteiger partial charge >= 0.3 is 6.08 Å². The molecule has 0 radical (unpaired) electrons. The van der Waals surface area contributed by atoms with Gasteiger partial charge in [-0.05, 0) is 24.3 Å². The Morgan fingerprint density at radius 3 is 2.43 bits per heavy atom. The molecule has 0 saturated heterocycles. The molecule has 0 aliphatic carbocycles. The number of rotatable bonds is 4. The largest absolute Gasteiger partial charge is 0.493 e. The molecule has 110 valence electrons. The summed E-state index contributed by atoms with van der Waals surface area (Å²) in [4.78, 5) is 3.48. The third-order valence-electron chi connectivity index (χ3n) is 2.49. The molecule has 1 aromatic heterocycles. The van der Waals surface area contributed by atoms with Crippen LogP contribution >= 0.6 is 0 Å². The van der Waals surface area contributed by atoms with Crippen molar-refractivity contribution in [3.05, 3.63) is 54.0 Å². The predicted octanol–water partition coefficient (Wildman–Crippen LogP) is 4.56. The van der Waals surface area contributed by atoms with E-state index in [0.29, 0.717) is 0 Å². The molecule has 2 aromatic rings. The lowest BCUT2D eigenvalue weighted by Crippen LogP contribution is -1.94. The minimum Gasteiger partial charge on any atom is -0.493 e. The number of hydrogen-bond donors (Lipinski definition) is 0. The van der Waals surface area contributed by atoms with E-state index in [0.717, 1.165) is 18.2 Å². The zero-order valence-electron chi connectivity index (χ0n) is 10.7. The van der Waals surface area contributed by atoms with E-state index < -0.39 is 17.9 Å². The molecule has 0 aliphatic rings. The van der Waals surface area contributed by atoms with Crippen LogP contribution in [0.2, 0.25) is 0 Å². The van der Waals surface area contributed by atoms with Crippen LogP contribution < -0.4 is 9.47 Å². The van der Waals surface area contributed by atoms with Crippen LogP contribution in [0.1, 0.15) is 5.56 Å². The molecule has 0 aliphatic heterocycles. The second-order valence-corrected chi connectivity index (χ2v) is 3.84. The van der Waals surface area contributed by atoms with Gasteiger partial charge in [-0.2, -0.15) is 18.2 Å². The van der Waals surface area contributed by atoms with E-state index in [1.807, 2.05) is 0 Å². The van der Waals surface area contributed by atoms with Gasteiger partial charge in [-0.1, -0.05) is 6.07 Å². The average Bonchev–Trinajstić information content (AvgIpc) is 2.46. The summed E-state index contributed by atoms with van der Waals surface area (Å²) in [6.07, 6.45) is -2.43. The standard InChI is InChI=1S/C14H9F4NO2/c1-20-10-7-8(13(16)14(17)18)5-6-9(10)21-12-4-2-3-11(15)19-12/h2-7H,1H3. The Hall–Kier alpha value is -2.57. The summed E-state index contributed by atoms with van der Waals surface area (Å²) in [5.41, 5.74) is -0.355. The highest BCUT2D eigenvalue weighted by molar-refractivity contribution is 5.63. The molecule has 1 heterocycles. The van der Waals surface area contributed by atoms with Crippen LogP contribution in [0.15, 0.2) is 42.5 Å². The fraction of sp³-hybridized carbons (Fsp3) is 0.0714. The molecular weight excluding hydrogens is 290 g/mol. The summed E-state index contributed by atoms with van der Waals surface area (Å²) in [6.45, 7) is 0. The Morgan fingerprint density at radius 2 is 1.81 bits per heavy atom. The number of hydrogen-bond acceptors (Lipinski definition) is 3. The summed E-state index contributed by atoms with van der Waals surface area (Å²) in [7, 11) is 1.26. The lowest BCUT2D eigenvalue weighted by atomic mass is 10.2. The fourth-order valence-electron chi connectivity index (χ4n) is 1.56. The summed E-state index contributed by atoms with van der Waals surface area (Å²) in [5, 5.41) is 0. The minimum absolute atomic E-state index is 0.00922. The van der Waals surface area contributed by atoms with Crippen LogP contribution in [-0.4, -0.2) is 12.1 Å². The Bertz CT molecular complexity index is 684.